The van der Waals surface area contributed by atoms with E-state index < -0.39 is 29.1 Å². The summed E-state index contributed by atoms with van der Waals surface area (Å²) in [6, 6.07) is 22.1. The van der Waals surface area contributed by atoms with E-state index in [1.165, 1.54) is 4.90 Å². The van der Waals surface area contributed by atoms with E-state index in [9.17, 15) is 19.5 Å². The minimum Gasteiger partial charge on any atom is -0.395 e. The number of benzene rings is 3. The fourth-order valence-corrected chi connectivity index (χ4v) is 6.85. The molecule has 0 radical (unpaired) electrons. The Morgan fingerprint density at radius 2 is 1.74 bits per heavy atom. The number of carbonyl (C=O) groups excluding carboxylic acids is 3. The minimum atomic E-state index is -1.13. The van der Waals surface area contributed by atoms with Gasteiger partial charge in [0.25, 0.3) is 0 Å². The third-order valence-electron chi connectivity index (χ3n) is 8.47. The number of aliphatic hydroxyl groups excluding tert-OH is 1. The number of β-amino-alcohol motifs (C(OH)–C–C–N with tert-alkyl or cyclic N) is 1. The number of likely N-dealkylation sites (tertiary alicyclic amines) is 1. The Morgan fingerprint density at radius 1 is 1.00 bits per heavy atom. The summed E-state index contributed by atoms with van der Waals surface area (Å²) in [7, 11) is 0. The first kappa shape index (κ1) is 24.6. The molecule has 3 aliphatic rings. The summed E-state index contributed by atoms with van der Waals surface area (Å²) in [5.74, 6) is -2.47. The molecule has 5 atom stereocenters. The molecule has 6 rings (SSSR count). The molecule has 3 N–H and O–H groups in total. The number of nitrogens with zero attached hydrogens (tertiary/aromatic N) is 1. The molecular weight excluding hydrogens is 482 g/mol. The molecule has 2 unspecified atom stereocenters. The summed E-state index contributed by atoms with van der Waals surface area (Å²) >= 11 is 0. The number of fused-ring (bicyclic) bond motifs is 2. The molecule has 8 nitrogen and oxygen atoms in total. The van der Waals surface area contributed by atoms with Gasteiger partial charge >= 0.3 is 0 Å². The normalized spacial score (nSPS) is 29.5. The average Bonchev–Trinajstić information content (AvgIpc) is 3.49. The van der Waals surface area contributed by atoms with Crippen LogP contribution >= 0.6 is 0 Å². The van der Waals surface area contributed by atoms with Gasteiger partial charge in [0.05, 0.1) is 24.0 Å². The molecule has 0 saturated carbocycles. The smallest absolute Gasteiger partial charge is 0.250 e. The Morgan fingerprint density at radius 3 is 2.50 bits per heavy atom. The molecule has 3 amide bonds. The maximum absolute atomic E-state index is 13.8. The Kier molecular flexibility index (Phi) is 5.96. The Labute approximate surface area is 221 Å². The standard InChI is InChI=1S/C30H31N3O5/c1-29-13-14-30(38-29)24(23(29)26(35)31-18-19-7-3-2-4-8-19)28(37)33(15-16-34)25(30)27(36)32-22-12-11-20-9-5-6-10-21(20)17-22/h2-12,17,23-25,34H,13-16,18H2,1H3,(H,31,35)(H,32,36)/t23-,24+,25?,29+,30?/m1/s1. The predicted molar refractivity (Wildman–Crippen MR) is 142 cm³/mol. The number of hydrogen-bond acceptors (Lipinski definition) is 5. The molecular formula is C30H31N3O5. The largest absolute Gasteiger partial charge is 0.395 e. The fraction of sp³-hybridized carbons (Fsp3) is 0.367. The molecule has 2 bridgehead atoms. The second-order valence-electron chi connectivity index (χ2n) is 10.7. The first-order valence-electron chi connectivity index (χ1n) is 13.1. The molecule has 3 aromatic rings. The highest BCUT2D eigenvalue weighted by atomic mass is 16.5. The number of amides is 3. The van der Waals surface area contributed by atoms with Gasteiger partial charge in [-0.25, -0.2) is 0 Å². The lowest BCUT2D eigenvalue weighted by Crippen LogP contribution is -2.53. The SMILES string of the molecule is C[C@@]12CCC3(O1)C(C(=O)Nc1ccc4ccccc4c1)N(CCO)C(=O)[C@@H]3[C@@H]2C(=O)NCc1ccccc1. The zero-order valence-corrected chi connectivity index (χ0v) is 21.2. The van der Waals surface area contributed by atoms with Crippen LogP contribution in [0.2, 0.25) is 0 Å². The van der Waals surface area contributed by atoms with E-state index in [4.69, 9.17) is 4.74 Å². The van der Waals surface area contributed by atoms with Crippen LogP contribution in [-0.4, -0.2) is 58.1 Å². The summed E-state index contributed by atoms with van der Waals surface area (Å²) in [6.45, 7) is 1.91. The van der Waals surface area contributed by atoms with Gasteiger partial charge in [0.15, 0.2) is 0 Å². The first-order valence-corrected chi connectivity index (χ1v) is 13.1. The van der Waals surface area contributed by atoms with Crippen LogP contribution in [0, 0.1) is 11.8 Å². The predicted octanol–water partition coefficient (Wildman–Crippen LogP) is 2.85. The van der Waals surface area contributed by atoms with Crippen molar-refractivity contribution in [1.82, 2.24) is 10.2 Å². The lowest BCUT2D eigenvalue weighted by molar-refractivity contribution is -0.145. The van der Waals surface area contributed by atoms with E-state index in [0.29, 0.717) is 25.1 Å². The molecule has 3 aliphatic heterocycles. The molecule has 0 aromatic heterocycles. The molecule has 3 heterocycles. The summed E-state index contributed by atoms with van der Waals surface area (Å²) < 4.78 is 6.58. The summed E-state index contributed by atoms with van der Waals surface area (Å²) in [5.41, 5.74) is -0.414. The van der Waals surface area contributed by atoms with E-state index in [2.05, 4.69) is 10.6 Å². The van der Waals surface area contributed by atoms with Crippen LogP contribution < -0.4 is 10.6 Å². The van der Waals surface area contributed by atoms with Crippen LogP contribution in [0.15, 0.2) is 72.8 Å². The highest BCUT2D eigenvalue weighted by molar-refractivity contribution is 6.04. The number of hydrogen-bond donors (Lipinski definition) is 3. The van der Waals surface area contributed by atoms with Gasteiger partial charge in [-0.05, 0) is 48.2 Å². The van der Waals surface area contributed by atoms with E-state index >= 15 is 0 Å². The number of carbonyl (C=O) groups is 3. The van der Waals surface area contributed by atoms with Gasteiger partial charge in [-0.3, -0.25) is 14.4 Å². The summed E-state index contributed by atoms with van der Waals surface area (Å²) in [6.07, 6.45) is 1.05. The highest BCUT2D eigenvalue weighted by Gasteiger charge is 2.77. The van der Waals surface area contributed by atoms with Crippen molar-refractivity contribution in [3.63, 3.8) is 0 Å². The van der Waals surface area contributed by atoms with E-state index in [1.54, 1.807) is 0 Å². The number of ether oxygens (including phenoxy) is 1. The topological polar surface area (TPSA) is 108 Å². The lowest BCUT2D eigenvalue weighted by Gasteiger charge is -2.33. The number of nitrogens with one attached hydrogen (secondary N) is 2. The van der Waals surface area contributed by atoms with Crippen molar-refractivity contribution < 1.29 is 24.2 Å². The molecule has 3 fully saturated rings. The van der Waals surface area contributed by atoms with Gasteiger partial charge in [-0.15, -0.1) is 0 Å². The van der Waals surface area contributed by atoms with E-state index in [1.807, 2.05) is 79.7 Å². The number of aliphatic hydroxyl groups is 1. The fourth-order valence-electron chi connectivity index (χ4n) is 6.85. The average molecular weight is 514 g/mol. The molecule has 3 aromatic carbocycles. The maximum Gasteiger partial charge on any atom is 0.250 e. The van der Waals surface area contributed by atoms with Gasteiger partial charge in [0.1, 0.15) is 11.6 Å². The van der Waals surface area contributed by atoms with Gasteiger partial charge in [0.2, 0.25) is 17.7 Å². The van der Waals surface area contributed by atoms with Crippen molar-refractivity contribution in [2.45, 2.75) is 43.6 Å². The molecule has 8 heteroatoms. The second-order valence-corrected chi connectivity index (χ2v) is 10.7. The van der Waals surface area contributed by atoms with Crippen LogP contribution in [0.3, 0.4) is 0 Å². The van der Waals surface area contributed by atoms with Crippen molar-refractivity contribution in [3.8, 4) is 0 Å². The Balaban J connectivity index is 1.30. The third kappa shape index (κ3) is 3.78. The van der Waals surface area contributed by atoms with Crippen LogP contribution in [0.5, 0.6) is 0 Å². The van der Waals surface area contributed by atoms with Gasteiger partial charge in [-0.1, -0.05) is 60.7 Å². The quantitative estimate of drug-likeness (QED) is 0.450. The number of rotatable bonds is 7. The van der Waals surface area contributed by atoms with E-state index in [0.717, 1.165) is 16.3 Å². The second kappa shape index (κ2) is 9.22. The molecule has 3 saturated heterocycles. The van der Waals surface area contributed by atoms with Crippen LogP contribution in [0.25, 0.3) is 10.8 Å². The van der Waals surface area contributed by atoms with Gasteiger partial charge < -0.3 is 25.4 Å². The Bertz CT molecular complexity index is 1410. The third-order valence-corrected chi connectivity index (χ3v) is 8.47. The molecule has 0 aliphatic carbocycles. The van der Waals surface area contributed by atoms with Crippen molar-refractivity contribution in [2.24, 2.45) is 11.8 Å². The van der Waals surface area contributed by atoms with Crippen LogP contribution in [-0.2, 0) is 25.7 Å². The van der Waals surface area contributed by atoms with Crippen LogP contribution in [0.1, 0.15) is 25.3 Å². The highest BCUT2D eigenvalue weighted by Crippen LogP contribution is 2.63. The number of anilines is 1. The summed E-state index contributed by atoms with van der Waals surface area (Å²) in [5, 5.41) is 17.8. The van der Waals surface area contributed by atoms with Crippen molar-refractivity contribution in [3.05, 3.63) is 78.4 Å². The van der Waals surface area contributed by atoms with Crippen molar-refractivity contribution in [1.29, 1.82) is 0 Å². The van der Waals surface area contributed by atoms with Gasteiger partial charge in [0, 0.05) is 18.8 Å². The Hall–Kier alpha value is -3.75. The van der Waals surface area contributed by atoms with E-state index in [-0.39, 0.29) is 30.9 Å². The van der Waals surface area contributed by atoms with Crippen molar-refractivity contribution >= 4 is 34.2 Å². The molecule has 38 heavy (non-hydrogen) atoms. The zero-order chi connectivity index (χ0) is 26.5. The monoisotopic (exact) mass is 513 g/mol. The first-order chi connectivity index (χ1) is 18.4. The zero-order valence-electron chi connectivity index (χ0n) is 21.2. The molecule has 1 spiro atoms. The maximum atomic E-state index is 13.8. The minimum absolute atomic E-state index is 0.00861. The van der Waals surface area contributed by atoms with Crippen molar-refractivity contribution in [2.75, 3.05) is 18.5 Å². The molecule has 196 valence electrons. The van der Waals surface area contributed by atoms with Gasteiger partial charge in [-0.2, -0.15) is 0 Å². The van der Waals surface area contributed by atoms with Crippen LogP contribution in [0.4, 0.5) is 5.69 Å². The lowest BCUT2D eigenvalue weighted by atomic mass is 9.66. The summed E-state index contributed by atoms with van der Waals surface area (Å²) in [4.78, 5) is 42.6.